The van der Waals surface area contributed by atoms with Crippen molar-refractivity contribution in [3.63, 3.8) is 0 Å². The van der Waals surface area contributed by atoms with Gasteiger partial charge in [-0.1, -0.05) is 37.3 Å². The van der Waals surface area contributed by atoms with Crippen LogP contribution < -0.4 is 20.4 Å². The third-order valence-electron chi connectivity index (χ3n) is 6.90. The van der Waals surface area contributed by atoms with E-state index in [4.69, 9.17) is 22.2 Å². The van der Waals surface area contributed by atoms with Gasteiger partial charge < -0.3 is 20.4 Å². The molecule has 1 aromatic carbocycles. The molecule has 0 unspecified atom stereocenters. The van der Waals surface area contributed by atoms with Gasteiger partial charge in [0.2, 0.25) is 5.95 Å². The van der Waals surface area contributed by atoms with Crippen LogP contribution in [-0.2, 0) is 6.42 Å². The molecule has 1 aromatic heterocycles. The molecule has 0 spiro atoms. The van der Waals surface area contributed by atoms with E-state index in [2.05, 4.69) is 70.7 Å². The number of aromatic nitrogens is 2. The molecule has 4 rings (SSSR count). The summed E-state index contributed by atoms with van der Waals surface area (Å²) in [6, 6.07) is 13.2. The zero-order valence-electron chi connectivity index (χ0n) is 20.1. The van der Waals surface area contributed by atoms with Crippen molar-refractivity contribution in [1.82, 2.24) is 15.3 Å². The highest BCUT2D eigenvalue weighted by Gasteiger charge is 2.24. The fraction of sp³-hybridized carbons (Fsp3) is 0.577. The highest BCUT2D eigenvalue weighted by atomic mass is 32.1. The topological polar surface area (TPSA) is 56.3 Å². The Morgan fingerprint density at radius 3 is 2.52 bits per heavy atom. The van der Waals surface area contributed by atoms with Gasteiger partial charge in [-0.3, -0.25) is 0 Å². The number of nitrogens with zero attached hydrogens (tertiary/aromatic N) is 4. The number of hydrogen-bond donors (Lipinski definition) is 2. The molecular formula is C26H38N6S. The van der Waals surface area contributed by atoms with Gasteiger partial charge in [-0.15, -0.1) is 0 Å². The molecule has 2 saturated heterocycles. The van der Waals surface area contributed by atoms with Crippen molar-refractivity contribution in [3.8, 4) is 0 Å². The minimum Gasteiger partial charge on any atom is -0.362 e. The Bertz CT molecular complexity index is 897. The lowest BCUT2D eigenvalue weighted by atomic mass is 9.99. The zero-order chi connectivity index (χ0) is 23.0. The molecule has 0 aliphatic carbocycles. The molecule has 2 aromatic rings. The van der Waals surface area contributed by atoms with Crippen LogP contribution in [0, 0.1) is 5.92 Å². The minimum absolute atomic E-state index is 0.499. The maximum absolute atomic E-state index is 5.57. The summed E-state index contributed by atoms with van der Waals surface area (Å²) in [4.78, 5) is 14.6. The van der Waals surface area contributed by atoms with Gasteiger partial charge in [0.1, 0.15) is 11.6 Å². The largest absolute Gasteiger partial charge is 0.362 e. The van der Waals surface area contributed by atoms with Crippen LogP contribution in [0.25, 0.3) is 0 Å². The summed E-state index contributed by atoms with van der Waals surface area (Å²) in [5, 5.41) is 7.18. The van der Waals surface area contributed by atoms with E-state index in [0.717, 1.165) is 56.6 Å². The molecule has 0 radical (unpaired) electrons. The number of hydrogen-bond acceptors (Lipinski definition) is 5. The van der Waals surface area contributed by atoms with Gasteiger partial charge in [-0.25, -0.2) is 0 Å². The summed E-state index contributed by atoms with van der Waals surface area (Å²) in [5.74, 6) is 3.41. The van der Waals surface area contributed by atoms with Crippen LogP contribution in [0.3, 0.4) is 0 Å². The van der Waals surface area contributed by atoms with Gasteiger partial charge >= 0.3 is 0 Å². The van der Waals surface area contributed by atoms with Gasteiger partial charge in [0.15, 0.2) is 5.11 Å². The predicted molar refractivity (Wildman–Crippen MR) is 142 cm³/mol. The lowest BCUT2D eigenvalue weighted by Crippen LogP contribution is -2.39. The second-order valence-corrected chi connectivity index (χ2v) is 9.99. The monoisotopic (exact) mass is 466 g/mol. The first-order chi connectivity index (χ1) is 16.1. The molecule has 7 heteroatoms. The molecule has 3 heterocycles. The number of aryl methyl sites for hydroxylation is 1. The van der Waals surface area contributed by atoms with Gasteiger partial charge in [0, 0.05) is 38.3 Å². The quantitative estimate of drug-likeness (QED) is 0.439. The molecule has 0 amide bonds. The first kappa shape index (κ1) is 23.7. The standard InChI is InChI=1S/C26H38N6S/c1-20-13-17-31(18-14-20)23-19-24(32-16-7-6-9-21(32)2)29-25(28-23)30-26(33)27-15-8-12-22-10-4-3-5-11-22/h3-5,10-11,19-21H,6-9,12-18H2,1-2H3,(H2,27,28,29,30,33)/t21-/m1/s1. The number of piperidine rings is 2. The second kappa shape index (κ2) is 11.6. The molecule has 2 aliphatic heterocycles. The maximum atomic E-state index is 5.57. The van der Waals surface area contributed by atoms with E-state index in [1.165, 1.54) is 37.7 Å². The van der Waals surface area contributed by atoms with Crippen molar-refractivity contribution in [3.05, 3.63) is 42.0 Å². The molecule has 0 saturated carbocycles. The highest BCUT2D eigenvalue weighted by Crippen LogP contribution is 2.29. The average Bonchev–Trinajstić information content (AvgIpc) is 2.83. The van der Waals surface area contributed by atoms with Crippen LogP contribution in [0.5, 0.6) is 0 Å². The van der Waals surface area contributed by atoms with Crippen molar-refractivity contribution in [2.24, 2.45) is 5.92 Å². The first-order valence-electron chi connectivity index (χ1n) is 12.6. The van der Waals surface area contributed by atoms with Crippen LogP contribution in [0.4, 0.5) is 17.6 Å². The third kappa shape index (κ3) is 6.79. The summed E-state index contributed by atoms with van der Waals surface area (Å²) in [6.45, 7) is 8.61. The Kier molecular flexibility index (Phi) is 8.37. The lowest BCUT2D eigenvalue weighted by Gasteiger charge is -2.36. The van der Waals surface area contributed by atoms with Crippen LogP contribution in [-0.4, -0.2) is 47.3 Å². The molecular weight excluding hydrogens is 428 g/mol. The van der Waals surface area contributed by atoms with Gasteiger partial charge in [-0.05, 0) is 75.6 Å². The molecule has 2 aliphatic rings. The van der Waals surface area contributed by atoms with Crippen molar-refractivity contribution in [1.29, 1.82) is 0 Å². The Morgan fingerprint density at radius 1 is 1.00 bits per heavy atom. The molecule has 178 valence electrons. The van der Waals surface area contributed by atoms with E-state index in [1.807, 2.05) is 0 Å². The van der Waals surface area contributed by atoms with Gasteiger partial charge in [-0.2, -0.15) is 9.97 Å². The van der Waals surface area contributed by atoms with E-state index in [9.17, 15) is 0 Å². The molecule has 2 N–H and O–H groups in total. The molecule has 33 heavy (non-hydrogen) atoms. The Balaban J connectivity index is 1.41. The van der Waals surface area contributed by atoms with Crippen LogP contribution in [0.1, 0.15) is 57.9 Å². The lowest BCUT2D eigenvalue weighted by molar-refractivity contribution is 0.436. The third-order valence-corrected chi connectivity index (χ3v) is 7.15. The highest BCUT2D eigenvalue weighted by molar-refractivity contribution is 7.80. The summed E-state index contributed by atoms with van der Waals surface area (Å²) in [7, 11) is 0. The molecule has 6 nitrogen and oxygen atoms in total. The number of anilines is 3. The van der Waals surface area contributed by atoms with E-state index in [1.54, 1.807) is 0 Å². The minimum atomic E-state index is 0.499. The summed E-state index contributed by atoms with van der Waals surface area (Å²) < 4.78 is 0. The molecule has 0 bridgehead atoms. The Hall–Kier alpha value is -2.41. The van der Waals surface area contributed by atoms with Crippen molar-refractivity contribution < 1.29 is 0 Å². The summed E-state index contributed by atoms with van der Waals surface area (Å²) in [6.07, 6.45) is 8.21. The van der Waals surface area contributed by atoms with Crippen molar-refractivity contribution >= 4 is 34.9 Å². The number of thiocarbonyl (C=S) groups is 1. The van der Waals surface area contributed by atoms with Gasteiger partial charge in [0.25, 0.3) is 0 Å². The first-order valence-corrected chi connectivity index (χ1v) is 13.0. The average molecular weight is 467 g/mol. The van der Waals surface area contributed by atoms with Crippen LogP contribution in [0.15, 0.2) is 36.4 Å². The smallest absolute Gasteiger partial charge is 0.232 e. The maximum Gasteiger partial charge on any atom is 0.232 e. The predicted octanol–water partition coefficient (Wildman–Crippen LogP) is 5.01. The fourth-order valence-corrected chi connectivity index (χ4v) is 4.94. The van der Waals surface area contributed by atoms with Crippen LogP contribution >= 0.6 is 12.2 Å². The van der Waals surface area contributed by atoms with Crippen molar-refractivity contribution in [2.45, 2.75) is 64.8 Å². The van der Waals surface area contributed by atoms with E-state index >= 15 is 0 Å². The number of rotatable bonds is 7. The zero-order valence-corrected chi connectivity index (χ0v) is 20.9. The van der Waals surface area contributed by atoms with E-state index in [-0.39, 0.29) is 0 Å². The number of benzene rings is 1. The number of nitrogens with one attached hydrogen (secondary N) is 2. The van der Waals surface area contributed by atoms with Crippen molar-refractivity contribution in [2.75, 3.05) is 41.3 Å². The van der Waals surface area contributed by atoms with Crippen LogP contribution in [0.2, 0.25) is 0 Å². The molecule has 2 fully saturated rings. The Labute approximate surface area is 204 Å². The SMILES string of the molecule is CC1CCN(c2cc(N3CCCC[C@H]3C)nc(NC(=S)NCCCc3ccccc3)n2)CC1. The second-order valence-electron chi connectivity index (χ2n) is 9.59. The summed E-state index contributed by atoms with van der Waals surface area (Å²) >= 11 is 5.57. The Morgan fingerprint density at radius 2 is 1.76 bits per heavy atom. The summed E-state index contributed by atoms with van der Waals surface area (Å²) in [5.41, 5.74) is 1.35. The van der Waals surface area contributed by atoms with E-state index in [0.29, 0.717) is 17.1 Å². The van der Waals surface area contributed by atoms with E-state index < -0.39 is 0 Å². The fourth-order valence-electron chi connectivity index (χ4n) is 4.75. The molecule has 1 atom stereocenters. The normalized spacial score (nSPS) is 19.4. The van der Waals surface area contributed by atoms with Gasteiger partial charge in [0.05, 0.1) is 0 Å².